The first-order chi connectivity index (χ1) is 4.75. The van der Waals surface area contributed by atoms with Crippen molar-refractivity contribution in [1.29, 1.82) is 0 Å². The molecule has 3 nitrogen and oxygen atoms in total. The van der Waals surface area contributed by atoms with Gasteiger partial charge in [0.25, 0.3) is 0 Å². The summed E-state index contributed by atoms with van der Waals surface area (Å²) in [7, 11) is 0. The molecular weight excluding hydrogens is 194 g/mol. The smallest absolute Gasteiger partial charge is 0.109 e. The molecule has 54 valence electrons. The molecule has 0 spiro atoms. The summed E-state index contributed by atoms with van der Waals surface area (Å²) >= 11 is 3.30. The molecule has 0 saturated carbocycles. The van der Waals surface area contributed by atoms with Gasteiger partial charge in [-0.25, -0.2) is 0 Å². The van der Waals surface area contributed by atoms with E-state index in [9.17, 15) is 0 Å². The van der Waals surface area contributed by atoms with Crippen LogP contribution < -0.4 is 11.5 Å². The molecule has 0 bridgehead atoms. The van der Waals surface area contributed by atoms with Crippen LogP contribution in [0, 0.1) is 0 Å². The van der Waals surface area contributed by atoms with Crippen molar-refractivity contribution in [2.45, 2.75) is 0 Å². The summed E-state index contributed by atoms with van der Waals surface area (Å²) < 4.78 is 0.923. The third-order valence-electron chi connectivity index (χ3n) is 1.16. The summed E-state index contributed by atoms with van der Waals surface area (Å²) in [5, 5.41) is 0. The van der Waals surface area contributed by atoms with Gasteiger partial charge in [0, 0.05) is 16.2 Å². The van der Waals surface area contributed by atoms with Crippen molar-refractivity contribution in [2.75, 3.05) is 5.73 Å². The van der Waals surface area contributed by atoms with Crippen molar-refractivity contribution >= 4 is 27.8 Å². The van der Waals surface area contributed by atoms with Crippen LogP contribution in [0.4, 0.5) is 5.82 Å². The SMILES string of the molecule is N/C=C\c1c(Br)c[nH]c1N. The predicted molar refractivity (Wildman–Crippen MR) is 46.1 cm³/mol. The Kier molecular flexibility index (Phi) is 2.01. The highest BCUT2D eigenvalue weighted by molar-refractivity contribution is 9.10. The molecule has 0 saturated heterocycles. The van der Waals surface area contributed by atoms with Crippen molar-refractivity contribution in [3.05, 3.63) is 22.4 Å². The average Bonchev–Trinajstić information content (AvgIpc) is 2.20. The Labute approximate surface area is 67.2 Å². The fraction of sp³-hybridized carbons (Fsp3) is 0. The second-order valence-corrected chi connectivity index (χ2v) is 2.68. The van der Waals surface area contributed by atoms with E-state index in [1.807, 2.05) is 0 Å². The number of hydrogen-bond donors (Lipinski definition) is 3. The van der Waals surface area contributed by atoms with E-state index in [1.54, 1.807) is 12.3 Å². The maximum atomic E-state index is 5.54. The van der Waals surface area contributed by atoms with Gasteiger partial charge in [0.1, 0.15) is 5.82 Å². The molecule has 0 aromatic carbocycles. The Morgan fingerprint density at radius 1 is 1.60 bits per heavy atom. The Hall–Kier alpha value is -0.900. The number of aromatic nitrogens is 1. The van der Waals surface area contributed by atoms with Gasteiger partial charge in [-0.1, -0.05) is 0 Å². The molecule has 1 rings (SSSR count). The monoisotopic (exact) mass is 201 g/mol. The zero-order valence-corrected chi connectivity index (χ0v) is 6.85. The van der Waals surface area contributed by atoms with Gasteiger partial charge in [0.15, 0.2) is 0 Å². The van der Waals surface area contributed by atoms with Crippen LogP contribution in [0.3, 0.4) is 0 Å². The number of rotatable bonds is 1. The molecule has 0 amide bonds. The van der Waals surface area contributed by atoms with Crippen molar-refractivity contribution in [3.63, 3.8) is 0 Å². The summed E-state index contributed by atoms with van der Waals surface area (Å²) in [6.45, 7) is 0. The molecule has 0 aliphatic heterocycles. The van der Waals surface area contributed by atoms with Crippen LogP contribution in [-0.2, 0) is 0 Å². The Morgan fingerprint density at radius 2 is 2.30 bits per heavy atom. The fourth-order valence-corrected chi connectivity index (χ4v) is 1.15. The van der Waals surface area contributed by atoms with E-state index in [4.69, 9.17) is 11.5 Å². The largest absolute Gasteiger partial charge is 0.405 e. The lowest BCUT2D eigenvalue weighted by atomic mass is 10.3. The molecular formula is C6H8BrN3. The van der Waals surface area contributed by atoms with Gasteiger partial charge in [-0.3, -0.25) is 0 Å². The van der Waals surface area contributed by atoms with Gasteiger partial charge in [-0.15, -0.1) is 0 Å². The van der Waals surface area contributed by atoms with Crippen LogP contribution in [0.25, 0.3) is 6.08 Å². The molecule has 0 fully saturated rings. The van der Waals surface area contributed by atoms with Crippen LogP contribution in [0.1, 0.15) is 5.56 Å². The standard InChI is InChI=1S/C6H8BrN3/c7-5-3-10-6(9)4(5)1-2-8/h1-3,10H,8-9H2/b2-1-. The van der Waals surface area contributed by atoms with Crippen molar-refractivity contribution < 1.29 is 0 Å². The van der Waals surface area contributed by atoms with Gasteiger partial charge in [-0.05, 0) is 28.2 Å². The molecule has 0 radical (unpaired) electrons. The minimum atomic E-state index is 0.619. The van der Waals surface area contributed by atoms with Crippen LogP contribution in [0.2, 0.25) is 0 Å². The van der Waals surface area contributed by atoms with E-state index in [1.165, 1.54) is 6.20 Å². The van der Waals surface area contributed by atoms with E-state index in [0.29, 0.717) is 5.82 Å². The highest BCUT2D eigenvalue weighted by atomic mass is 79.9. The lowest BCUT2D eigenvalue weighted by Gasteiger charge is -1.89. The lowest BCUT2D eigenvalue weighted by Crippen LogP contribution is -1.87. The van der Waals surface area contributed by atoms with Crippen molar-refractivity contribution in [2.24, 2.45) is 5.73 Å². The summed E-state index contributed by atoms with van der Waals surface area (Å²) in [4.78, 5) is 2.85. The van der Waals surface area contributed by atoms with Crippen molar-refractivity contribution in [1.82, 2.24) is 4.98 Å². The molecule has 1 aromatic heterocycles. The highest BCUT2D eigenvalue weighted by Crippen LogP contribution is 2.22. The van der Waals surface area contributed by atoms with Crippen LogP contribution in [0.5, 0.6) is 0 Å². The van der Waals surface area contributed by atoms with Crippen LogP contribution >= 0.6 is 15.9 Å². The van der Waals surface area contributed by atoms with Gasteiger partial charge in [0.05, 0.1) is 0 Å². The fourth-order valence-electron chi connectivity index (χ4n) is 0.691. The number of halogens is 1. The van der Waals surface area contributed by atoms with E-state index in [-0.39, 0.29) is 0 Å². The molecule has 0 unspecified atom stereocenters. The number of hydrogen-bond acceptors (Lipinski definition) is 2. The number of aromatic amines is 1. The number of nitrogens with two attached hydrogens (primary N) is 2. The van der Waals surface area contributed by atoms with E-state index < -0.39 is 0 Å². The third-order valence-corrected chi connectivity index (χ3v) is 1.82. The second-order valence-electron chi connectivity index (χ2n) is 1.82. The van der Waals surface area contributed by atoms with Gasteiger partial charge in [0.2, 0.25) is 0 Å². The van der Waals surface area contributed by atoms with Gasteiger partial charge < -0.3 is 16.5 Å². The molecule has 1 aromatic rings. The first kappa shape index (κ1) is 7.21. The topological polar surface area (TPSA) is 67.8 Å². The van der Waals surface area contributed by atoms with Gasteiger partial charge >= 0.3 is 0 Å². The molecule has 0 aliphatic carbocycles. The van der Waals surface area contributed by atoms with Gasteiger partial charge in [-0.2, -0.15) is 0 Å². The predicted octanol–water partition coefficient (Wildman–Crippen LogP) is 1.29. The van der Waals surface area contributed by atoms with Crippen LogP contribution in [0.15, 0.2) is 16.9 Å². The molecule has 4 heteroatoms. The van der Waals surface area contributed by atoms with Crippen molar-refractivity contribution in [3.8, 4) is 0 Å². The molecule has 5 N–H and O–H groups in total. The van der Waals surface area contributed by atoms with Crippen LogP contribution in [-0.4, -0.2) is 4.98 Å². The average molecular weight is 202 g/mol. The molecule has 1 heterocycles. The minimum Gasteiger partial charge on any atom is -0.405 e. The third kappa shape index (κ3) is 1.16. The summed E-state index contributed by atoms with van der Waals surface area (Å²) in [6, 6.07) is 0. The first-order valence-corrected chi connectivity index (χ1v) is 3.55. The quantitative estimate of drug-likeness (QED) is 0.642. The maximum Gasteiger partial charge on any atom is 0.109 e. The lowest BCUT2D eigenvalue weighted by molar-refractivity contribution is 1.41. The number of anilines is 1. The number of nitrogen functional groups attached to an aromatic ring is 1. The number of H-pyrrole nitrogens is 1. The first-order valence-electron chi connectivity index (χ1n) is 2.76. The Balaban J connectivity index is 3.10. The number of nitrogens with one attached hydrogen (secondary N) is 1. The molecule has 10 heavy (non-hydrogen) atoms. The maximum absolute atomic E-state index is 5.54. The minimum absolute atomic E-state index is 0.619. The summed E-state index contributed by atoms with van der Waals surface area (Å²) in [5.74, 6) is 0.619. The zero-order chi connectivity index (χ0) is 7.56. The van der Waals surface area contributed by atoms with E-state index >= 15 is 0 Å². The molecule has 0 aliphatic rings. The Morgan fingerprint density at radius 3 is 2.70 bits per heavy atom. The summed E-state index contributed by atoms with van der Waals surface area (Å²) in [6.07, 6.45) is 4.95. The van der Waals surface area contributed by atoms with E-state index in [0.717, 1.165) is 10.0 Å². The molecule has 0 atom stereocenters. The highest BCUT2D eigenvalue weighted by Gasteiger charge is 2.00. The zero-order valence-electron chi connectivity index (χ0n) is 5.26. The summed E-state index contributed by atoms with van der Waals surface area (Å²) in [5.41, 5.74) is 11.6. The van der Waals surface area contributed by atoms with E-state index in [2.05, 4.69) is 20.9 Å². The Bertz CT molecular complexity index is 232. The normalized spacial score (nSPS) is 10.9. The second kappa shape index (κ2) is 2.79.